The van der Waals surface area contributed by atoms with E-state index < -0.39 is 15.8 Å². The third-order valence-corrected chi connectivity index (χ3v) is 5.46. The van der Waals surface area contributed by atoms with E-state index in [0.717, 1.165) is 11.1 Å². The van der Waals surface area contributed by atoms with Crippen LogP contribution in [0.4, 0.5) is 0 Å². The molecule has 0 spiro atoms. The van der Waals surface area contributed by atoms with E-state index >= 15 is 0 Å². The minimum atomic E-state index is -2.90. The largest absolute Gasteiger partial charge is 0.481 e. The number of aliphatic carboxylic acids is 1. The first kappa shape index (κ1) is 15.0. The number of carboxylic acids is 1. The van der Waals surface area contributed by atoms with Crippen LogP contribution < -0.4 is 0 Å². The first-order valence-electron chi connectivity index (χ1n) is 6.56. The Labute approximate surface area is 119 Å². The average Bonchev–Trinajstić information content (AvgIpc) is 2.71. The van der Waals surface area contributed by atoms with Crippen molar-refractivity contribution in [2.45, 2.75) is 25.4 Å². The van der Waals surface area contributed by atoms with Crippen molar-refractivity contribution in [3.05, 3.63) is 35.4 Å². The third-order valence-electron chi connectivity index (χ3n) is 3.71. The van der Waals surface area contributed by atoms with Crippen LogP contribution >= 0.6 is 0 Å². The molecule has 2 rings (SSSR count). The van der Waals surface area contributed by atoms with Crippen LogP contribution in [0.15, 0.2) is 24.3 Å². The molecule has 1 aliphatic heterocycles. The molecule has 1 atom stereocenters. The fourth-order valence-electron chi connectivity index (χ4n) is 2.57. The van der Waals surface area contributed by atoms with Gasteiger partial charge in [-0.3, -0.25) is 9.69 Å². The zero-order chi connectivity index (χ0) is 14.8. The molecule has 1 aromatic carbocycles. The van der Waals surface area contributed by atoms with Gasteiger partial charge >= 0.3 is 5.97 Å². The fraction of sp³-hybridized carbons (Fsp3) is 0.500. The average molecular weight is 297 g/mol. The molecule has 0 aromatic heterocycles. The molecule has 1 unspecified atom stereocenters. The Morgan fingerprint density at radius 1 is 1.35 bits per heavy atom. The molecular formula is C14H19NO4S. The highest BCUT2D eigenvalue weighted by atomic mass is 32.2. The number of carboxylic acid groups (broad SMARTS) is 1. The SMILES string of the molecule is CN(Cc1ccccc1CC(=O)O)C1CCS(=O)(=O)C1. The molecule has 1 saturated heterocycles. The van der Waals surface area contributed by atoms with Crippen LogP contribution in [0.5, 0.6) is 0 Å². The van der Waals surface area contributed by atoms with Crippen LogP contribution in [-0.2, 0) is 27.6 Å². The molecule has 0 radical (unpaired) electrons. The summed E-state index contributed by atoms with van der Waals surface area (Å²) in [5, 5.41) is 8.91. The lowest BCUT2D eigenvalue weighted by molar-refractivity contribution is -0.136. The number of benzene rings is 1. The molecule has 6 heteroatoms. The zero-order valence-electron chi connectivity index (χ0n) is 11.4. The van der Waals surface area contributed by atoms with Crippen molar-refractivity contribution < 1.29 is 18.3 Å². The van der Waals surface area contributed by atoms with Crippen LogP contribution in [0.1, 0.15) is 17.5 Å². The van der Waals surface area contributed by atoms with E-state index in [9.17, 15) is 13.2 Å². The van der Waals surface area contributed by atoms with Gasteiger partial charge in [0.25, 0.3) is 0 Å². The molecule has 20 heavy (non-hydrogen) atoms. The molecule has 1 N–H and O–H groups in total. The maximum Gasteiger partial charge on any atom is 0.307 e. The van der Waals surface area contributed by atoms with Crippen molar-refractivity contribution in [3.63, 3.8) is 0 Å². The molecule has 0 aliphatic carbocycles. The van der Waals surface area contributed by atoms with E-state index in [1.54, 1.807) is 0 Å². The minimum absolute atomic E-state index is 0.00697. The van der Waals surface area contributed by atoms with Gasteiger partial charge in [0, 0.05) is 12.6 Å². The molecule has 5 nitrogen and oxygen atoms in total. The maximum atomic E-state index is 11.5. The van der Waals surface area contributed by atoms with Gasteiger partial charge < -0.3 is 5.11 Å². The lowest BCUT2D eigenvalue weighted by atomic mass is 10.0. The number of carbonyl (C=O) groups is 1. The highest BCUT2D eigenvalue weighted by molar-refractivity contribution is 7.91. The number of nitrogens with zero attached hydrogens (tertiary/aromatic N) is 1. The van der Waals surface area contributed by atoms with Crippen LogP contribution in [0.25, 0.3) is 0 Å². The van der Waals surface area contributed by atoms with Crippen LogP contribution in [-0.4, -0.2) is 49.0 Å². The van der Waals surface area contributed by atoms with Gasteiger partial charge in [0.05, 0.1) is 17.9 Å². The number of rotatable bonds is 5. The Morgan fingerprint density at radius 3 is 2.55 bits per heavy atom. The van der Waals surface area contributed by atoms with Crippen molar-refractivity contribution in [3.8, 4) is 0 Å². The fourth-order valence-corrected chi connectivity index (χ4v) is 4.37. The second-order valence-electron chi connectivity index (χ2n) is 5.31. The van der Waals surface area contributed by atoms with Gasteiger partial charge in [-0.2, -0.15) is 0 Å². The lowest BCUT2D eigenvalue weighted by Crippen LogP contribution is -2.32. The number of hydrogen-bond acceptors (Lipinski definition) is 4. The predicted molar refractivity (Wildman–Crippen MR) is 76.3 cm³/mol. The van der Waals surface area contributed by atoms with E-state index in [-0.39, 0.29) is 24.0 Å². The summed E-state index contributed by atoms with van der Waals surface area (Å²) in [4.78, 5) is 12.9. The molecular weight excluding hydrogens is 278 g/mol. The Bertz CT molecular complexity index is 597. The summed E-state index contributed by atoms with van der Waals surface area (Å²) in [7, 11) is -1.01. The molecule has 0 amide bonds. The topological polar surface area (TPSA) is 74.7 Å². The van der Waals surface area contributed by atoms with Crippen molar-refractivity contribution >= 4 is 15.8 Å². The van der Waals surface area contributed by atoms with Gasteiger partial charge in [0.15, 0.2) is 9.84 Å². The standard InChI is InChI=1S/C14H19NO4S/c1-15(13-6-7-20(18,19)10-13)9-12-5-3-2-4-11(12)8-14(16)17/h2-5,13H,6-10H2,1H3,(H,16,17). The monoisotopic (exact) mass is 297 g/mol. The van der Waals surface area contributed by atoms with Crippen molar-refractivity contribution in [1.82, 2.24) is 4.90 Å². The summed E-state index contributed by atoms with van der Waals surface area (Å²) in [6.07, 6.45) is 0.646. The smallest absolute Gasteiger partial charge is 0.307 e. The van der Waals surface area contributed by atoms with Crippen LogP contribution in [0.3, 0.4) is 0 Å². The summed E-state index contributed by atoms with van der Waals surface area (Å²) >= 11 is 0. The summed E-state index contributed by atoms with van der Waals surface area (Å²) < 4.78 is 23.0. The summed E-state index contributed by atoms with van der Waals surface area (Å²) in [6, 6.07) is 7.43. The summed E-state index contributed by atoms with van der Waals surface area (Å²) in [5.74, 6) is -0.410. The lowest BCUT2D eigenvalue weighted by Gasteiger charge is -2.24. The Balaban J connectivity index is 2.08. The quantitative estimate of drug-likeness (QED) is 0.875. The summed E-state index contributed by atoms with van der Waals surface area (Å²) in [6.45, 7) is 0.573. The molecule has 0 bridgehead atoms. The Morgan fingerprint density at radius 2 is 2.00 bits per heavy atom. The van der Waals surface area contributed by atoms with Gasteiger partial charge in [-0.05, 0) is 24.6 Å². The van der Waals surface area contributed by atoms with Crippen LogP contribution in [0, 0.1) is 0 Å². The number of hydrogen-bond donors (Lipinski definition) is 1. The third kappa shape index (κ3) is 3.80. The highest BCUT2D eigenvalue weighted by Gasteiger charge is 2.30. The highest BCUT2D eigenvalue weighted by Crippen LogP contribution is 2.20. The van der Waals surface area contributed by atoms with Gasteiger partial charge in [0.1, 0.15) is 0 Å². The first-order valence-corrected chi connectivity index (χ1v) is 8.39. The minimum Gasteiger partial charge on any atom is -0.481 e. The van der Waals surface area contributed by atoms with Gasteiger partial charge in [-0.15, -0.1) is 0 Å². The van der Waals surface area contributed by atoms with Gasteiger partial charge in [0.2, 0.25) is 0 Å². The normalized spacial score (nSPS) is 21.2. The van der Waals surface area contributed by atoms with E-state index in [4.69, 9.17) is 5.11 Å². The first-order chi connectivity index (χ1) is 9.37. The molecule has 1 aliphatic rings. The maximum absolute atomic E-state index is 11.5. The van der Waals surface area contributed by atoms with E-state index in [0.29, 0.717) is 13.0 Å². The second-order valence-corrected chi connectivity index (χ2v) is 7.54. The Kier molecular flexibility index (Phi) is 4.45. The Hall–Kier alpha value is -1.40. The number of sulfone groups is 1. The van der Waals surface area contributed by atoms with E-state index in [2.05, 4.69) is 0 Å². The van der Waals surface area contributed by atoms with Crippen LogP contribution in [0.2, 0.25) is 0 Å². The van der Waals surface area contributed by atoms with E-state index in [1.165, 1.54) is 0 Å². The van der Waals surface area contributed by atoms with Crippen molar-refractivity contribution in [2.24, 2.45) is 0 Å². The zero-order valence-corrected chi connectivity index (χ0v) is 12.3. The molecule has 1 fully saturated rings. The van der Waals surface area contributed by atoms with E-state index in [1.807, 2.05) is 36.2 Å². The molecule has 1 heterocycles. The summed E-state index contributed by atoms with van der Waals surface area (Å²) in [5.41, 5.74) is 1.73. The molecule has 0 saturated carbocycles. The van der Waals surface area contributed by atoms with Gasteiger partial charge in [-0.1, -0.05) is 24.3 Å². The van der Waals surface area contributed by atoms with Crippen molar-refractivity contribution in [1.29, 1.82) is 0 Å². The van der Waals surface area contributed by atoms with Crippen molar-refractivity contribution in [2.75, 3.05) is 18.6 Å². The van der Waals surface area contributed by atoms with Gasteiger partial charge in [-0.25, -0.2) is 8.42 Å². The molecule has 110 valence electrons. The second kappa shape index (κ2) is 5.93. The predicted octanol–water partition coefficient (Wildman–Crippen LogP) is 0.933. The molecule has 1 aromatic rings.